The van der Waals surface area contributed by atoms with Gasteiger partial charge in [-0.25, -0.2) is 8.78 Å². The van der Waals surface area contributed by atoms with Crippen LogP contribution in [0.1, 0.15) is 45.6 Å². The molecule has 1 aromatic carbocycles. The van der Waals surface area contributed by atoms with Gasteiger partial charge in [-0.05, 0) is 31.0 Å². The predicted octanol–water partition coefficient (Wildman–Crippen LogP) is 2.25. The van der Waals surface area contributed by atoms with Crippen LogP contribution in [0.4, 0.5) is 8.78 Å². The number of carbonyl (C=O) groups is 3. The summed E-state index contributed by atoms with van der Waals surface area (Å²) in [5.74, 6) is -3.22. The standard InChI is InChI=1S/C19H26F2N2O4/c1-4-5-6-17(11-27-13(3)24)22-12(2)19(26)23-18(25)9-14-7-15(20)10-16(21)8-14/h7-8,10,12,17,22H,4-6,9,11H2,1-3H3,(H,23,25,26)/t12-,17-/m0/s1. The van der Waals surface area contributed by atoms with Gasteiger partial charge in [-0.1, -0.05) is 19.8 Å². The van der Waals surface area contributed by atoms with Gasteiger partial charge in [0.15, 0.2) is 0 Å². The van der Waals surface area contributed by atoms with Crippen LogP contribution >= 0.6 is 0 Å². The van der Waals surface area contributed by atoms with Crippen molar-refractivity contribution in [2.45, 2.75) is 58.5 Å². The van der Waals surface area contributed by atoms with E-state index in [4.69, 9.17) is 4.74 Å². The van der Waals surface area contributed by atoms with Gasteiger partial charge in [0, 0.05) is 19.0 Å². The van der Waals surface area contributed by atoms with Crippen LogP contribution in [0.25, 0.3) is 0 Å². The number of hydrogen-bond donors (Lipinski definition) is 2. The monoisotopic (exact) mass is 384 g/mol. The summed E-state index contributed by atoms with van der Waals surface area (Å²) < 4.78 is 31.3. The van der Waals surface area contributed by atoms with Gasteiger partial charge in [0.2, 0.25) is 11.8 Å². The number of nitrogens with one attached hydrogen (secondary N) is 2. The van der Waals surface area contributed by atoms with Crippen LogP contribution in [0, 0.1) is 11.6 Å². The summed E-state index contributed by atoms with van der Waals surface area (Å²) in [6.07, 6.45) is 2.22. The first-order chi connectivity index (χ1) is 12.7. The predicted molar refractivity (Wildman–Crippen MR) is 95.8 cm³/mol. The summed E-state index contributed by atoms with van der Waals surface area (Å²) in [4.78, 5) is 35.1. The first-order valence-electron chi connectivity index (χ1n) is 8.89. The number of halogens is 2. The minimum atomic E-state index is -0.789. The second kappa shape index (κ2) is 11.4. The number of amides is 2. The average Bonchev–Trinajstić information content (AvgIpc) is 2.55. The van der Waals surface area contributed by atoms with E-state index in [1.54, 1.807) is 6.92 Å². The van der Waals surface area contributed by atoms with Crippen molar-refractivity contribution >= 4 is 17.8 Å². The number of benzene rings is 1. The van der Waals surface area contributed by atoms with E-state index in [0.717, 1.165) is 25.0 Å². The summed E-state index contributed by atoms with van der Waals surface area (Å²) >= 11 is 0. The second-order valence-corrected chi connectivity index (χ2v) is 6.40. The molecular formula is C19H26F2N2O4. The minimum Gasteiger partial charge on any atom is -0.464 e. The zero-order valence-electron chi connectivity index (χ0n) is 15.8. The molecule has 2 N–H and O–H groups in total. The van der Waals surface area contributed by atoms with Gasteiger partial charge in [-0.2, -0.15) is 0 Å². The Balaban J connectivity index is 2.56. The lowest BCUT2D eigenvalue weighted by Crippen LogP contribution is -2.49. The Labute approximate surface area is 157 Å². The Bertz CT molecular complexity index is 647. The Hall–Kier alpha value is -2.35. The molecular weight excluding hydrogens is 358 g/mol. The van der Waals surface area contributed by atoms with Gasteiger partial charge in [0.05, 0.1) is 12.5 Å². The molecule has 1 rings (SSSR count). The molecule has 0 heterocycles. The molecule has 0 aliphatic carbocycles. The van der Waals surface area contributed by atoms with Gasteiger partial charge in [0.25, 0.3) is 0 Å². The highest BCUT2D eigenvalue weighted by atomic mass is 19.1. The van der Waals surface area contributed by atoms with Gasteiger partial charge < -0.3 is 4.74 Å². The smallest absolute Gasteiger partial charge is 0.302 e. The number of unbranched alkanes of at least 4 members (excludes halogenated alkanes) is 1. The normalized spacial score (nSPS) is 12.9. The van der Waals surface area contributed by atoms with Crippen molar-refractivity contribution in [3.63, 3.8) is 0 Å². The van der Waals surface area contributed by atoms with Crippen LogP contribution in [0.2, 0.25) is 0 Å². The molecule has 0 aliphatic heterocycles. The molecule has 0 aliphatic rings. The molecule has 0 aromatic heterocycles. The van der Waals surface area contributed by atoms with E-state index in [1.807, 2.05) is 6.92 Å². The number of carbonyl (C=O) groups excluding carboxylic acids is 3. The summed E-state index contributed by atoms with van der Waals surface area (Å²) in [6.45, 7) is 5.04. The van der Waals surface area contributed by atoms with E-state index in [0.29, 0.717) is 12.5 Å². The van der Waals surface area contributed by atoms with Gasteiger partial charge >= 0.3 is 5.97 Å². The summed E-state index contributed by atoms with van der Waals surface area (Å²) in [5, 5.41) is 5.23. The fraction of sp³-hybridized carbons (Fsp3) is 0.526. The van der Waals surface area contributed by atoms with E-state index in [9.17, 15) is 23.2 Å². The molecule has 0 fully saturated rings. The first-order valence-corrected chi connectivity index (χ1v) is 8.89. The third-order valence-electron chi connectivity index (χ3n) is 3.82. The molecule has 0 spiro atoms. The highest BCUT2D eigenvalue weighted by Crippen LogP contribution is 2.08. The molecule has 0 radical (unpaired) electrons. The van der Waals surface area contributed by atoms with Crippen molar-refractivity contribution in [2.75, 3.05) is 6.61 Å². The molecule has 0 saturated carbocycles. The van der Waals surface area contributed by atoms with Crippen LogP contribution in [0.5, 0.6) is 0 Å². The number of imide groups is 1. The van der Waals surface area contributed by atoms with Crippen LogP contribution < -0.4 is 10.6 Å². The van der Waals surface area contributed by atoms with Crippen molar-refractivity contribution in [3.05, 3.63) is 35.4 Å². The lowest BCUT2D eigenvalue weighted by atomic mass is 10.1. The topological polar surface area (TPSA) is 84.5 Å². The van der Waals surface area contributed by atoms with Crippen LogP contribution in [-0.2, 0) is 25.5 Å². The summed E-state index contributed by atoms with van der Waals surface area (Å²) in [5.41, 5.74) is 0.133. The Kier molecular flexibility index (Phi) is 9.56. The van der Waals surface area contributed by atoms with Gasteiger partial charge in [-0.3, -0.25) is 25.0 Å². The van der Waals surface area contributed by atoms with E-state index < -0.39 is 35.5 Å². The SMILES string of the molecule is CCCC[C@@H](COC(C)=O)N[C@@H](C)C(=O)NC(=O)Cc1cc(F)cc(F)c1. The molecule has 8 heteroatoms. The molecule has 0 saturated heterocycles. The van der Waals surface area contributed by atoms with Crippen molar-refractivity contribution in [3.8, 4) is 0 Å². The van der Waals surface area contributed by atoms with Crippen LogP contribution in [-0.4, -0.2) is 36.5 Å². The van der Waals surface area contributed by atoms with Gasteiger partial charge in [0.1, 0.15) is 18.2 Å². The first kappa shape index (κ1) is 22.7. The van der Waals surface area contributed by atoms with E-state index in [2.05, 4.69) is 10.6 Å². The molecule has 0 bridgehead atoms. The highest BCUT2D eigenvalue weighted by molar-refractivity contribution is 5.98. The van der Waals surface area contributed by atoms with Crippen molar-refractivity contribution < 1.29 is 27.9 Å². The van der Waals surface area contributed by atoms with E-state index >= 15 is 0 Å². The zero-order valence-corrected chi connectivity index (χ0v) is 15.8. The lowest BCUT2D eigenvalue weighted by Gasteiger charge is -2.22. The molecule has 2 atom stereocenters. The maximum atomic E-state index is 13.2. The fourth-order valence-corrected chi connectivity index (χ4v) is 2.50. The molecule has 150 valence electrons. The third kappa shape index (κ3) is 9.23. The largest absolute Gasteiger partial charge is 0.464 e. The molecule has 2 amide bonds. The van der Waals surface area contributed by atoms with E-state index in [-0.39, 0.29) is 24.6 Å². The average molecular weight is 384 g/mol. The van der Waals surface area contributed by atoms with Gasteiger partial charge in [-0.15, -0.1) is 0 Å². The Morgan fingerprint density at radius 1 is 1.15 bits per heavy atom. The van der Waals surface area contributed by atoms with E-state index in [1.165, 1.54) is 6.92 Å². The number of esters is 1. The van der Waals surface area contributed by atoms with Crippen molar-refractivity contribution in [1.29, 1.82) is 0 Å². The quantitative estimate of drug-likeness (QED) is 0.605. The third-order valence-corrected chi connectivity index (χ3v) is 3.82. The fourth-order valence-electron chi connectivity index (χ4n) is 2.50. The molecule has 1 aromatic rings. The Morgan fingerprint density at radius 3 is 2.33 bits per heavy atom. The molecule has 27 heavy (non-hydrogen) atoms. The maximum absolute atomic E-state index is 13.2. The Morgan fingerprint density at radius 2 is 1.78 bits per heavy atom. The highest BCUT2D eigenvalue weighted by Gasteiger charge is 2.20. The summed E-state index contributed by atoms with van der Waals surface area (Å²) in [6, 6.07) is 1.85. The minimum absolute atomic E-state index is 0.128. The van der Waals surface area contributed by atoms with Crippen molar-refractivity contribution in [2.24, 2.45) is 0 Å². The zero-order chi connectivity index (χ0) is 20.4. The number of hydrogen-bond acceptors (Lipinski definition) is 5. The molecule has 6 nitrogen and oxygen atoms in total. The second-order valence-electron chi connectivity index (χ2n) is 6.40. The van der Waals surface area contributed by atoms with Crippen LogP contribution in [0.3, 0.4) is 0 Å². The van der Waals surface area contributed by atoms with Crippen molar-refractivity contribution in [1.82, 2.24) is 10.6 Å². The maximum Gasteiger partial charge on any atom is 0.302 e. The number of ether oxygens (including phenoxy) is 1. The van der Waals surface area contributed by atoms with Crippen LogP contribution in [0.15, 0.2) is 18.2 Å². The number of rotatable bonds is 10. The molecule has 0 unspecified atom stereocenters. The summed E-state index contributed by atoms with van der Waals surface area (Å²) in [7, 11) is 0. The lowest BCUT2D eigenvalue weighted by molar-refractivity contribution is -0.141.